The van der Waals surface area contributed by atoms with E-state index in [-0.39, 0.29) is 24.1 Å². The van der Waals surface area contributed by atoms with Gasteiger partial charge >= 0.3 is 12.1 Å². The van der Waals surface area contributed by atoms with E-state index in [4.69, 9.17) is 4.74 Å². The lowest BCUT2D eigenvalue weighted by atomic mass is 9.83. The second-order valence-electron chi connectivity index (χ2n) is 11.9. The Morgan fingerprint density at radius 1 is 1.14 bits per heavy atom. The molecule has 0 aliphatic carbocycles. The maximum atomic E-state index is 14.8. The number of nitrogens with zero attached hydrogens (tertiary/aromatic N) is 5. The summed E-state index contributed by atoms with van der Waals surface area (Å²) in [5, 5.41) is 13.9. The maximum Gasteiger partial charge on any atom is 0.416 e. The summed E-state index contributed by atoms with van der Waals surface area (Å²) in [6.07, 6.45) is 4.48. The number of carbonyl (C=O) groups is 2. The number of likely N-dealkylation sites (tertiary alicyclic amines) is 1. The first-order valence-electron chi connectivity index (χ1n) is 14.2. The number of halogens is 2. The van der Waals surface area contributed by atoms with Crippen molar-refractivity contribution in [3.8, 4) is 0 Å². The monoisotopic (exact) mass is 580 g/mol. The zero-order valence-electron chi connectivity index (χ0n) is 23.8. The minimum Gasteiger partial charge on any atom is -0.437 e. The van der Waals surface area contributed by atoms with Gasteiger partial charge in [-0.3, -0.25) is 4.90 Å². The van der Waals surface area contributed by atoms with Crippen LogP contribution in [0.25, 0.3) is 0 Å². The molecule has 6 rings (SSSR count). The van der Waals surface area contributed by atoms with Crippen LogP contribution in [0.4, 0.5) is 24.2 Å². The standard InChI is InChI=1S/C30H34F2N6O4/c1-29(2,41)23-16-34-26-22(10-9-18(17-38(23)26)19-6-4-8-21(31)24(19)32)35-27(39)37-14-11-30(12-15-37)20-7-5-13-33-25(20)36(3)28(40)42-30/h4-8,13,16,18,22,41H,9-12,14-15,17H2,1-3H3,(H,35,39)/t18-,22-/m1/s1. The predicted molar refractivity (Wildman–Crippen MR) is 149 cm³/mol. The molecule has 1 spiro atoms. The molecule has 0 bridgehead atoms. The quantitative estimate of drug-likeness (QED) is 0.465. The number of piperidine rings is 1. The number of imidazole rings is 1. The zero-order valence-corrected chi connectivity index (χ0v) is 23.8. The third-order valence-corrected chi connectivity index (χ3v) is 8.76. The molecule has 3 aliphatic heterocycles. The van der Waals surface area contributed by atoms with E-state index < -0.39 is 35.0 Å². The predicted octanol–water partition coefficient (Wildman–Crippen LogP) is 4.69. The Morgan fingerprint density at radius 2 is 1.90 bits per heavy atom. The maximum absolute atomic E-state index is 14.8. The molecular formula is C30H34F2N6O4. The van der Waals surface area contributed by atoms with Crippen molar-refractivity contribution in [2.45, 2.75) is 69.2 Å². The Hall–Kier alpha value is -4.06. The molecule has 222 valence electrons. The number of anilines is 1. The van der Waals surface area contributed by atoms with Crippen molar-refractivity contribution in [3.63, 3.8) is 0 Å². The van der Waals surface area contributed by atoms with E-state index in [0.717, 1.165) is 11.6 Å². The number of aromatic nitrogens is 3. The normalized spacial score (nSPS) is 21.8. The fourth-order valence-corrected chi connectivity index (χ4v) is 6.46. The number of pyridine rings is 1. The lowest BCUT2D eigenvalue weighted by Crippen LogP contribution is -2.53. The smallest absolute Gasteiger partial charge is 0.416 e. The first kappa shape index (κ1) is 28.1. The Morgan fingerprint density at radius 3 is 2.64 bits per heavy atom. The van der Waals surface area contributed by atoms with Crippen LogP contribution in [-0.2, 0) is 22.5 Å². The van der Waals surface area contributed by atoms with Crippen molar-refractivity contribution in [1.82, 2.24) is 24.8 Å². The molecule has 3 amide bonds. The SMILES string of the molecule is CN1C(=O)OC2(CCN(C(=O)N[C@@H]3CC[C@@H](c4cccc(F)c4F)Cn4c(C(C)(C)O)cnc43)CC2)c2cccnc21. The first-order chi connectivity index (χ1) is 20.0. The van der Waals surface area contributed by atoms with E-state index in [2.05, 4.69) is 15.3 Å². The molecule has 10 nitrogen and oxygen atoms in total. The second-order valence-corrected chi connectivity index (χ2v) is 11.9. The van der Waals surface area contributed by atoms with Crippen molar-refractivity contribution in [3.05, 3.63) is 77.0 Å². The Kier molecular flexibility index (Phi) is 6.91. The van der Waals surface area contributed by atoms with E-state index >= 15 is 0 Å². The fraction of sp³-hybridized carbons (Fsp3) is 0.467. The molecule has 0 radical (unpaired) electrons. The Bertz CT molecular complexity index is 1530. The molecule has 0 saturated carbocycles. The van der Waals surface area contributed by atoms with Gasteiger partial charge in [-0.25, -0.2) is 28.3 Å². The number of carbonyl (C=O) groups excluding carboxylic acids is 2. The fourth-order valence-electron chi connectivity index (χ4n) is 6.46. The molecule has 12 heteroatoms. The van der Waals surface area contributed by atoms with Gasteiger partial charge in [-0.05, 0) is 50.5 Å². The minimum absolute atomic E-state index is 0.257. The Labute approximate surface area is 242 Å². The van der Waals surface area contributed by atoms with Crippen LogP contribution < -0.4 is 10.2 Å². The molecule has 2 N–H and O–H groups in total. The molecule has 1 saturated heterocycles. The highest BCUT2D eigenvalue weighted by atomic mass is 19.2. The van der Waals surface area contributed by atoms with Crippen LogP contribution in [0.1, 0.15) is 74.1 Å². The average molecular weight is 581 g/mol. The van der Waals surface area contributed by atoms with E-state index in [1.165, 1.54) is 11.0 Å². The van der Waals surface area contributed by atoms with Crippen LogP contribution in [0.2, 0.25) is 0 Å². The summed E-state index contributed by atoms with van der Waals surface area (Å²) in [5.41, 5.74) is -0.490. The van der Waals surface area contributed by atoms with Gasteiger partial charge in [0.25, 0.3) is 0 Å². The van der Waals surface area contributed by atoms with Crippen LogP contribution >= 0.6 is 0 Å². The summed E-state index contributed by atoms with van der Waals surface area (Å²) in [4.78, 5) is 38.2. The number of ether oxygens (including phenoxy) is 1. The average Bonchev–Trinajstić information content (AvgIpc) is 3.32. The van der Waals surface area contributed by atoms with Gasteiger partial charge in [0, 0.05) is 57.2 Å². The number of rotatable bonds is 3. The number of benzene rings is 1. The lowest BCUT2D eigenvalue weighted by molar-refractivity contribution is -0.0347. The number of amides is 3. The van der Waals surface area contributed by atoms with Gasteiger partial charge in [0.05, 0.1) is 17.9 Å². The summed E-state index contributed by atoms with van der Waals surface area (Å²) < 4.78 is 36.7. The van der Waals surface area contributed by atoms with Crippen molar-refractivity contribution in [2.75, 3.05) is 25.0 Å². The highest BCUT2D eigenvalue weighted by Gasteiger charge is 2.47. The second kappa shape index (κ2) is 10.3. The molecule has 2 aromatic heterocycles. The lowest BCUT2D eigenvalue weighted by Gasteiger charge is -2.45. The van der Waals surface area contributed by atoms with Crippen molar-refractivity contribution < 1.29 is 28.2 Å². The third kappa shape index (κ3) is 4.77. The van der Waals surface area contributed by atoms with E-state index in [1.54, 1.807) is 44.3 Å². The molecule has 1 fully saturated rings. The number of hydrogen-bond acceptors (Lipinski definition) is 6. The van der Waals surface area contributed by atoms with Crippen LogP contribution in [0.3, 0.4) is 0 Å². The summed E-state index contributed by atoms with van der Waals surface area (Å²) in [6.45, 7) is 4.26. The summed E-state index contributed by atoms with van der Waals surface area (Å²) >= 11 is 0. The van der Waals surface area contributed by atoms with Gasteiger partial charge in [0.2, 0.25) is 0 Å². The van der Waals surface area contributed by atoms with Gasteiger partial charge < -0.3 is 24.6 Å². The van der Waals surface area contributed by atoms with Gasteiger partial charge in [-0.2, -0.15) is 0 Å². The van der Waals surface area contributed by atoms with E-state index in [0.29, 0.717) is 56.1 Å². The molecule has 42 heavy (non-hydrogen) atoms. The number of aliphatic hydroxyl groups is 1. The third-order valence-electron chi connectivity index (χ3n) is 8.76. The molecule has 5 heterocycles. The number of nitrogens with one attached hydrogen (secondary N) is 1. The summed E-state index contributed by atoms with van der Waals surface area (Å²) in [6, 6.07) is 7.06. The van der Waals surface area contributed by atoms with E-state index in [9.17, 15) is 23.5 Å². The molecule has 1 aromatic carbocycles. The van der Waals surface area contributed by atoms with Crippen LogP contribution in [0.5, 0.6) is 0 Å². The molecule has 3 aliphatic rings. The van der Waals surface area contributed by atoms with Crippen LogP contribution in [-0.4, -0.2) is 56.8 Å². The van der Waals surface area contributed by atoms with Gasteiger partial charge in [0.1, 0.15) is 22.8 Å². The van der Waals surface area contributed by atoms with Crippen LogP contribution in [0.15, 0.2) is 42.7 Å². The van der Waals surface area contributed by atoms with Gasteiger partial charge in [0.15, 0.2) is 11.6 Å². The molecule has 2 atom stereocenters. The highest BCUT2D eigenvalue weighted by molar-refractivity contribution is 5.89. The topological polar surface area (TPSA) is 113 Å². The molecule has 3 aromatic rings. The van der Waals surface area contributed by atoms with Gasteiger partial charge in [-0.1, -0.05) is 12.1 Å². The first-order valence-corrected chi connectivity index (χ1v) is 14.2. The minimum atomic E-state index is -1.24. The zero-order chi connectivity index (χ0) is 29.8. The number of urea groups is 1. The largest absolute Gasteiger partial charge is 0.437 e. The number of hydrogen-bond donors (Lipinski definition) is 2. The number of fused-ring (bicyclic) bond motifs is 3. The molecule has 0 unspecified atom stereocenters. The highest BCUT2D eigenvalue weighted by Crippen LogP contribution is 2.44. The Balaban J connectivity index is 1.22. The van der Waals surface area contributed by atoms with Crippen LogP contribution in [0, 0.1) is 11.6 Å². The van der Waals surface area contributed by atoms with Crippen molar-refractivity contribution >= 4 is 17.9 Å². The van der Waals surface area contributed by atoms with Gasteiger partial charge in [-0.15, -0.1) is 0 Å². The van der Waals surface area contributed by atoms with E-state index in [1.807, 2.05) is 16.7 Å². The summed E-state index contributed by atoms with van der Waals surface area (Å²) in [5.74, 6) is -1.07. The molecular weight excluding hydrogens is 546 g/mol. The summed E-state index contributed by atoms with van der Waals surface area (Å²) in [7, 11) is 1.62. The van der Waals surface area contributed by atoms with Crippen molar-refractivity contribution in [1.29, 1.82) is 0 Å². The van der Waals surface area contributed by atoms with Crippen molar-refractivity contribution in [2.24, 2.45) is 0 Å².